The van der Waals surface area contributed by atoms with Crippen LogP contribution in [0, 0.1) is 6.92 Å². The maximum atomic E-state index is 12.8. The third kappa shape index (κ3) is 4.09. The summed E-state index contributed by atoms with van der Waals surface area (Å²) in [5, 5.41) is 9.87. The van der Waals surface area contributed by atoms with Gasteiger partial charge in [0, 0.05) is 22.8 Å². The SMILES string of the molecule is Cc1cc(=O)[nH]c(-n2nc(-c3cccs3)cc2NC(=O)c2ccc(Cl)cc2Cl)n1. The molecule has 146 valence electrons. The predicted octanol–water partition coefficient (Wildman–Crippen LogP) is 4.55. The summed E-state index contributed by atoms with van der Waals surface area (Å²) in [6, 6.07) is 11.5. The molecule has 3 heterocycles. The van der Waals surface area contributed by atoms with Gasteiger partial charge in [-0.2, -0.15) is 9.78 Å². The zero-order valence-electron chi connectivity index (χ0n) is 14.9. The van der Waals surface area contributed by atoms with Gasteiger partial charge in [0.25, 0.3) is 11.5 Å². The van der Waals surface area contributed by atoms with E-state index in [2.05, 4.69) is 20.4 Å². The van der Waals surface area contributed by atoms with Gasteiger partial charge in [-0.15, -0.1) is 11.3 Å². The first kappa shape index (κ1) is 19.4. The van der Waals surface area contributed by atoms with Crippen molar-refractivity contribution in [1.29, 1.82) is 0 Å². The van der Waals surface area contributed by atoms with Crippen LogP contribution >= 0.6 is 34.5 Å². The van der Waals surface area contributed by atoms with Crippen molar-refractivity contribution in [1.82, 2.24) is 19.7 Å². The Morgan fingerprint density at radius 3 is 2.72 bits per heavy atom. The number of aromatic amines is 1. The molecule has 0 aliphatic carbocycles. The molecule has 0 atom stereocenters. The second-order valence-corrected chi connectivity index (χ2v) is 7.88. The summed E-state index contributed by atoms with van der Waals surface area (Å²) in [7, 11) is 0. The van der Waals surface area contributed by atoms with Crippen molar-refractivity contribution in [2.24, 2.45) is 0 Å². The molecule has 29 heavy (non-hydrogen) atoms. The lowest BCUT2D eigenvalue weighted by atomic mass is 10.2. The van der Waals surface area contributed by atoms with Gasteiger partial charge in [-0.25, -0.2) is 4.98 Å². The third-order valence-electron chi connectivity index (χ3n) is 3.96. The lowest BCUT2D eigenvalue weighted by Gasteiger charge is -2.09. The number of anilines is 1. The van der Waals surface area contributed by atoms with Gasteiger partial charge >= 0.3 is 0 Å². The maximum absolute atomic E-state index is 12.8. The zero-order chi connectivity index (χ0) is 20.5. The van der Waals surface area contributed by atoms with Gasteiger partial charge in [-0.05, 0) is 36.6 Å². The van der Waals surface area contributed by atoms with Crippen molar-refractivity contribution in [2.45, 2.75) is 6.92 Å². The van der Waals surface area contributed by atoms with E-state index in [1.807, 2.05) is 17.5 Å². The molecule has 0 unspecified atom stereocenters. The summed E-state index contributed by atoms with van der Waals surface area (Å²) in [6.45, 7) is 1.70. The molecule has 0 spiro atoms. The van der Waals surface area contributed by atoms with Crippen LogP contribution in [0.3, 0.4) is 0 Å². The minimum atomic E-state index is -0.444. The first-order valence-corrected chi connectivity index (χ1v) is 10.0. The first-order valence-electron chi connectivity index (χ1n) is 8.39. The van der Waals surface area contributed by atoms with Crippen molar-refractivity contribution in [3.63, 3.8) is 0 Å². The van der Waals surface area contributed by atoms with Crippen LogP contribution in [0.4, 0.5) is 5.82 Å². The van der Waals surface area contributed by atoms with Gasteiger partial charge in [0.05, 0.1) is 15.5 Å². The van der Waals surface area contributed by atoms with Crippen LogP contribution in [-0.4, -0.2) is 25.7 Å². The van der Waals surface area contributed by atoms with E-state index >= 15 is 0 Å². The highest BCUT2D eigenvalue weighted by Crippen LogP contribution is 2.28. The molecular formula is C19H13Cl2N5O2S. The molecular weight excluding hydrogens is 433 g/mol. The molecule has 1 amide bonds. The quantitative estimate of drug-likeness (QED) is 0.481. The van der Waals surface area contributed by atoms with E-state index in [1.165, 1.54) is 34.2 Å². The number of thiophene rings is 1. The molecule has 0 radical (unpaired) electrons. The van der Waals surface area contributed by atoms with Crippen LogP contribution in [-0.2, 0) is 0 Å². The fraction of sp³-hybridized carbons (Fsp3) is 0.0526. The molecule has 0 saturated carbocycles. The second kappa shape index (κ2) is 7.82. The number of H-pyrrole nitrogens is 1. The fourth-order valence-corrected chi connectivity index (χ4v) is 3.87. The number of aryl methyl sites for hydroxylation is 1. The molecule has 3 aromatic heterocycles. The Kier molecular flexibility index (Phi) is 5.23. The molecule has 0 fully saturated rings. The standard InChI is InChI=1S/C19H13Cl2N5O2S/c1-10-7-17(27)24-19(22-10)26-16(9-14(25-26)15-3-2-6-29-15)23-18(28)12-5-4-11(20)8-13(12)21/h2-9H,1H3,(H,23,28)(H,22,24,27). The van der Waals surface area contributed by atoms with Crippen LogP contribution in [0.15, 0.2) is 52.6 Å². The summed E-state index contributed by atoms with van der Waals surface area (Å²) in [5.41, 5.74) is 1.09. The molecule has 10 heteroatoms. The molecule has 4 aromatic rings. The fourth-order valence-electron chi connectivity index (χ4n) is 2.70. The number of hydrogen-bond donors (Lipinski definition) is 2. The minimum Gasteiger partial charge on any atom is -0.306 e. The van der Waals surface area contributed by atoms with Gasteiger partial charge < -0.3 is 5.32 Å². The number of rotatable bonds is 4. The van der Waals surface area contributed by atoms with Gasteiger partial charge in [-0.1, -0.05) is 29.3 Å². The topological polar surface area (TPSA) is 92.7 Å². The first-order chi connectivity index (χ1) is 13.9. The Hall–Kier alpha value is -2.94. The number of hydrogen-bond acceptors (Lipinski definition) is 5. The molecule has 0 aliphatic rings. The Morgan fingerprint density at radius 2 is 2.03 bits per heavy atom. The molecule has 0 saturated heterocycles. The summed E-state index contributed by atoms with van der Waals surface area (Å²) < 4.78 is 1.38. The average molecular weight is 446 g/mol. The summed E-state index contributed by atoms with van der Waals surface area (Å²) in [6.07, 6.45) is 0. The van der Waals surface area contributed by atoms with E-state index in [1.54, 1.807) is 19.1 Å². The Balaban J connectivity index is 1.78. The number of carbonyl (C=O) groups excluding carboxylic acids is 1. The van der Waals surface area contributed by atoms with Crippen LogP contribution in [0.5, 0.6) is 0 Å². The summed E-state index contributed by atoms with van der Waals surface area (Å²) in [5.74, 6) is 0.0778. The Morgan fingerprint density at radius 1 is 1.21 bits per heavy atom. The highest BCUT2D eigenvalue weighted by molar-refractivity contribution is 7.13. The predicted molar refractivity (Wildman–Crippen MR) is 114 cm³/mol. The Labute approximate surface area is 178 Å². The summed E-state index contributed by atoms with van der Waals surface area (Å²) >= 11 is 13.6. The normalized spacial score (nSPS) is 10.9. The van der Waals surface area contributed by atoms with Crippen LogP contribution < -0.4 is 10.9 Å². The highest BCUT2D eigenvalue weighted by atomic mass is 35.5. The number of halogens is 2. The van der Waals surface area contributed by atoms with E-state index in [0.717, 1.165) is 4.88 Å². The Bertz CT molecular complexity index is 1260. The van der Waals surface area contributed by atoms with Gasteiger partial charge in [-0.3, -0.25) is 14.6 Å². The number of aromatic nitrogens is 4. The second-order valence-electron chi connectivity index (χ2n) is 6.09. The van der Waals surface area contributed by atoms with E-state index < -0.39 is 5.91 Å². The van der Waals surface area contributed by atoms with Gasteiger partial charge in [0.2, 0.25) is 5.95 Å². The molecule has 1 aromatic carbocycles. The molecule has 7 nitrogen and oxygen atoms in total. The number of carbonyl (C=O) groups is 1. The van der Waals surface area contributed by atoms with Crippen molar-refractivity contribution < 1.29 is 4.79 Å². The number of amides is 1. The zero-order valence-corrected chi connectivity index (χ0v) is 17.3. The molecule has 2 N–H and O–H groups in total. The van der Waals surface area contributed by atoms with E-state index in [4.69, 9.17) is 23.2 Å². The maximum Gasteiger partial charge on any atom is 0.258 e. The highest BCUT2D eigenvalue weighted by Gasteiger charge is 2.18. The van der Waals surface area contributed by atoms with Gasteiger partial charge in [0.15, 0.2) is 0 Å². The van der Waals surface area contributed by atoms with Crippen molar-refractivity contribution in [3.05, 3.63) is 79.5 Å². The van der Waals surface area contributed by atoms with Crippen molar-refractivity contribution in [2.75, 3.05) is 5.32 Å². The molecule has 0 bridgehead atoms. The largest absolute Gasteiger partial charge is 0.306 e. The van der Waals surface area contributed by atoms with Crippen molar-refractivity contribution in [3.8, 4) is 16.5 Å². The van der Waals surface area contributed by atoms with E-state index in [-0.39, 0.29) is 22.1 Å². The van der Waals surface area contributed by atoms with Crippen molar-refractivity contribution >= 4 is 46.3 Å². The molecule has 0 aliphatic heterocycles. The lowest BCUT2D eigenvalue weighted by Crippen LogP contribution is -2.19. The monoisotopic (exact) mass is 445 g/mol. The summed E-state index contributed by atoms with van der Waals surface area (Å²) in [4.78, 5) is 32.6. The van der Waals surface area contributed by atoms with Gasteiger partial charge in [0.1, 0.15) is 11.5 Å². The number of nitrogens with one attached hydrogen (secondary N) is 2. The number of benzene rings is 1. The third-order valence-corrected chi connectivity index (χ3v) is 5.40. The van der Waals surface area contributed by atoms with Crippen LogP contribution in [0.25, 0.3) is 16.5 Å². The lowest BCUT2D eigenvalue weighted by molar-refractivity contribution is 0.102. The van der Waals surface area contributed by atoms with Crippen LogP contribution in [0.2, 0.25) is 10.0 Å². The minimum absolute atomic E-state index is 0.190. The van der Waals surface area contributed by atoms with E-state index in [0.29, 0.717) is 22.2 Å². The van der Waals surface area contributed by atoms with Crippen LogP contribution in [0.1, 0.15) is 16.1 Å². The molecule has 4 rings (SSSR count). The average Bonchev–Trinajstić information content (AvgIpc) is 3.30. The smallest absolute Gasteiger partial charge is 0.258 e. The number of nitrogens with zero attached hydrogens (tertiary/aromatic N) is 3. The van der Waals surface area contributed by atoms with E-state index in [9.17, 15) is 9.59 Å².